The second-order valence-corrected chi connectivity index (χ2v) is 8.93. The summed E-state index contributed by atoms with van der Waals surface area (Å²) in [6.45, 7) is -0.325. The van der Waals surface area contributed by atoms with E-state index in [0.29, 0.717) is 11.1 Å². The minimum atomic E-state index is -1.44. The Balaban J connectivity index is 1.61. The highest BCUT2D eigenvalue weighted by atomic mass is 16.6. The fourth-order valence-electron chi connectivity index (χ4n) is 3.84. The lowest BCUT2D eigenvalue weighted by atomic mass is 10.0. The second-order valence-electron chi connectivity index (χ2n) is 8.93. The molecule has 4 aromatic carbocycles. The quantitative estimate of drug-likeness (QED) is 0.150. The molecule has 0 saturated carbocycles. The molecule has 0 aromatic heterocycles. The number of benzene rings is 4. The van der Waals surface area contributed by atoms with E-state index < -0.39 is 58.1 Å². The van der Waals surface area contributed by atoms with Crippen LogP contribution < -0.4 is 0 Å². The van der Waals surface area contributed by atoms with Crippen LogP contribution in [-0.2, 0) is 27.4 Å². The molecule has 0 aliphatic heterocycles. The number of carboxylic acid groups (broad SMARTS) is 2. The van der Waals surface area contributed by atoms with E-state index in [4.69, 9.17) is 14.2 Å². The average Bonchev–Trinajstić information content (AvgIpc) is 3.02. The molecule has 0 heterocycles. The van der Waals surface area contributed by atoms with Crippen molar-refractivity contribution >= 4 is 35.8 Å². The van der Waals surface area contributed by atoms with Crippen molar-refractivity contribution in [3.63, 3.8) is 0 Å². The highest BCUT2D eigenvalue weighted by Crippen LogP contribution is 2.20. The van der Waals surface area contributed by atoms with Gasteiger partial charge in [0.15, 0.2) is 0 Å². The first-order valence-electron chi connectivity index (χ1n) is 12.6. The largest absolute Gasteiger partial charge is 0.478 e. The zero-order valence-electron chi connectivity index (χ0n) is 22.2. The lowest BCUT2D eigenvalue weighted by Gasteiger charge is -2.12. The minimum Gasteiger partial charge on any atom is -0.478 e. The van der Waals surface area contributed by atoms with Crippen molar-refractivity contribution in [3.8, 4) is 0 Å². The number of rotatable bonds is 10. The lowest BCUT2D eigenvalue weighted by Crippen LogP contribution is -2.21. The molecular formula is C32H22O11. The van der Waals surface area contributed by atoms with E-state index in [1.54, 1.807) is 60.7 Å². The fraction of sp³-hybridized carbons (Fsp3) is 0.0625. The Hall–Kier alpha value is -6.10. The van der Waals surface area contributed by atoms with Crippen LogP contribution in [0, 0.1) is 0 Å². The standard InChI is InChI=1S/C32H22O11/c33-27(34)21-11-13-23(29(37)41-17-19-7-3-1-4-8-19)25(15-21)31(39)43-32(40)26-16-22(28(35)36)12-14-24(26)30(38)42-18-20-9-5-2-6-10-20/h1-16H,17-18H2,(H,33,34)(H,35,36). The number of carboxylic acids is 2. The van der Waals surface area contributed by atoms with Crippen molar-refractivity contribution in [2.24, 2.45) is 0 Å². The maximum atomic E-state index is 13.1. The molecule has 0 spiro atoms. The van der Waals surface area contributed by atoms with Gasteiger partial charge in [-0.15, -0.1) is 0 Å². The van der Waals surface area contributed by atoms with Gasteiger partial charge in [0.05, 0.1) is 33.4 Å². The van der Waals surface area contributed by atoms with Crippen LogP contribution in [0.25, 0.3) is 0 Å². The molecule has 0 bridgehead atoms. The molecule has 4 aromatic rings. The first-order valence-corrected chi connectivity index (χ1v) is 12.6. The van der Waals surface area contributed by atoms with Gasteiger partial charge in [-0.25, -0.2) is 28.8 Å². The van der Waals surface area contributed by atoms with E-state index in [1.807, 2.05) is 0 Å². The van der Waals surface area contributed by atoms with Crippen molar-refractivity contribution in [2.75, 3.05) is 0 Å². The molecule has 216 valence electrons. The molecule has 0 amide bonds. The van der Waals surface area contributed by atoms with Crippen LogP contribution in [0.2, 0.25) is 0 Å². The van der Waals surface area contributed by atoms with Crippen LogP contribution in [0.3, 0.4) is 0 Å². The number of ether oxygens (including phenoxy) is 3. The molecule has 2 N–H and O–H groups in total. The molecule has 11 heteroatoms. The van der Waals surface area contributed by atoms with Crippen molar-refractivity contribution < 1.29 is 53.2 Å². The summed E-state index contributed by atoms with van der Waals surface area (Å²) < 4.78 is 15.4. The molecule has 0 unspecified atom stereocenters. The Labute approximate surface area is 243 Å². The Morgan fingerprint density at radius 2 is 0.837 bits per heavy atom. The average molecular weight is 583 g/mol. The summed E-state index contributed by atoms with van der Waals surface area (Å²) in [6.07, 6.45) is 0. The van der Waals surface area contributed by atoms with Gasteiger partial charge in [-0.05, 0) is 47.5 Å². The van der Waals surface area contributed by atoms with Crippen LogP contribution in [0.1, 0.15) is 73.3 Å². The zero-order valence-corrected chi connectivity index (χ0v) is 22.2. The van der Waals surface area contributed by atoms with Gasteiger partial charge in [0.1, 0.15) is 13.2 Å². The maximum Gasteiger partial charge on any atom is 0.346 e. The van der Waals surface area contributed by atoms with Gasteiger partial charge in [-0.2, -0.15) is 0 Å². The van der Waals surface area contributed by atoms with Crippen LogP contribution in [0.5, 0.6) is 0 Å². The van der Waals surface area contributed by atoms with Gasteiger partial charge < -0.3 is 24.4 Å². The Bertz CT molecular complexity index is 1580. The van der Waals surface area contributed by atoms with Gasteiger partial charge in [-0.3, -0.25) is 0 Å². The maximum absolute atomic E-state index is 13.1. The summed E-state index contributed by atoms with van der Waals surface area (Å²) in [5, 5.41) is 18.8. The van der Waals surface area contributed by atoms with Crippen molar-refractivity contribution in [3.05, 3.63) is 142 Å². The fourth-order valence-corrected chi connectivity index (χ4v) is 3.84. The monoisotopic (exact) mass is 582 g/mol. The highest BCUT2D eigenvalue weighted by Gasteiger charge is 2.27. The summed E-state index contributed by atoms with van der Waals surface area (Å²) in [7, 11) is 0. The third-order valence-electron chi connectivity index (χ3n) is 6.02. The smallest absolute Gasteiger partial charge is 0.346 e. The predicted molar refractivity (Wildman–Crippen MR) is 148 cm³/mol. The van der Waals surface area contributed by atoms with E-state index in [2.05, 4.69) is 0 Å². The Morgan fingerprint density at radius 3 is 1.19 bits per heavy atom. The van der Waals surface area contributed by atoms with Crippen LogP contribution >= 0.6 is 0 Å². The molecule has 0 aliphatic carbocycles. The SMILES string of the molecule is O=C(O)c1ccc(C(=O)OCc2ccccc2)c(C(=O)OC(=O)c2cc(C(=O)O)ccc2C(=O)OCc2ccccc2)c1. The summed E-state index contributed by atoms with van der Waals surface area (Å²) in [4.78, 5) is 75.1. The summed E-state index contributed by atoms with van der Waals surface area (Å²) >= 11 is 0. The third kappa shape index (κ3) is 7.55. The molecule has 0 fully saturated rings. The lowest BCUT2D eigenvalue weighted by molar-refractivity contribution is 0.0366. The third-order valence-corrected chi connectivity index (χ3v) is 6.02. The normalized spacial score (nSPS) is 10.3. The van der Waals surface area contributed by atoms with E-state index >= 15 is 0 Å². The van der Waals surface area contributed by atoms with Crippen molar-refractivity contribution in [1.82, 2.24) is 0 Å². The summed E-state index contributed by atoms with van der Waals surface area (Å²) in [5.74, 6) is -7.74. The Morgan fingerprint density at radius 1 is 0.465 bits per heavy atom. The van der Waals surface area contributed by atoms with Gasteiger partial charge in [-0.1, -0.05) is 60.7 Å². The van der Waals surface area contributed by atoms with E-state index in [-0.39, 0.29) is 24.3 Å². The first-order chi connectivity index (χ1) is 20.6. The van der Waals surface area contributed by atoms with Gasteiger partial charge >= 0.3 is 35.8 Å². The highest BCUT2D eigenvalue weighted by molar-refractivity contribution is 6.12. The number of esters is 4. The van der Waals surface area contributed by atoms with Crippen LogP contribution in [0.4, 0.5) is 0 Å². The van der Waals surface area contributed by atoms with E-state index in [1.165, 1.54) is 0 Å². The van der Waals surface area contributed by atoms with Crippen LogP contribution in [-0.4, -0.2) is 46.0 Å². The van der Waals surface area contributed by atoms with E-state index in [9.17, 15) is 39.0 Å². The van der Waals surface area contributed by atoms with Crippen LogP contribution in [0.15, 0.2) is 97.1 Å². The molecule has 0 radical (unpaired) electrons. The van der Waals surface area contributed by atoms with Crippen molar-refractivity contribution in [1.29, 1.82) is 0 Å². The van der Waals surface area contributed by atoms with Gasteiger partial charge in [0, 0.05) is 0 Å². The number of hydrogen-bond donors (Lipinski definition) is 2. The predicted octanol–water partition coefficient (Wildman–Crippen LogP) is 4.79. The molecule has 0 atom stereocenters. The number of aromatic carboxylic acids is 2. The van der Waals surface area contributed by atoms with Gasteiger partial charge in [0.25, 0.3) is 0 Å². The Kier molecular flexibility index (Phi) is 9.38. The molecule has 11 nitrogen and oxygen atoms in total. The number of carbonyl (C=O) groups excluding carboxylic acids is 4. The topological polar surface area (TPSA) is 171 Å². The van der Waals surface area contributed by atoms with E-state index in [0.717, 1.165) is 36.4 Å². The summed E-state index contributed by atoms with van der Waals surface area (Å²) in [5.41, 5.74) is -1.48. The molecular weight excluding hydrogens is 560 g/mol. The zero-order chi connectivity index (χ0) is 30.9. The molecule has 43 heavy (non-hydrogen) atoms. The second kappa shape index (κ2) is 13.5. The molecule has 4 rings (SSSR count). The van der Waals surface area contributed by atoms with Gasteiger partial charge in [0.2, 0.25) is 0 Å². The minimum absolute atomic E-state index is 0.162. The number of hydrogen-bond acceptors (Lipinski definition) is 9. The molecule has 0 saturated heterocycles. The first kappa shape index (κ1) is 29.9. The number of carbonyl (C=O) groups is 6. The summed E-state index contributed by atoms with van der Waals surface area (Å²) in [6, 6.07) is 23.1. The van der Waals surface area contributed by atoms with Crippen molar-refractivity contribution in [2.45, 2.75) is 13.2 Å². The molecule has 0 aliphatic rings.